The summed E-state index contributed by atoms with van der Waals surface area (Å²) in [4.78, 5) is 9.18. The summed E-state index contributed by atoms with van der Waals surface area (Å²) >= 11 is 10.2. The Bertz CT molecular complexity index is 770. The van der Waals surface area contributed by atoms with E-state index >= 15 is 0 Å². The van der Waals surface area contributed by atoms with Crippen LogP contribution in [0.15, 0.2) is 29.6 Å². The van der Waals surface area contributed by atoms with Crippen molar-refractivity contribution >= 4 is 55.6 Å². The van der Waals surface area contributed by atoms with Crippen molar-refractivity contribution in [3.05, 3.63) is 44.1 Å². The molecule has 3 aromatic rings. The molecule has 2 aromatic heterocycles. The average molecular weight is 415 g/mol. The molecule has 1 aromatic carbocycles. The SMILES string of the molecule is CCCc1nc(-c2csc3ccccc23)nc(Cl)c1I. The normalized spacial score (nSPS) is 11.2. The quantitative estimate of drug-likeness (QED) is 0.414. The largest absolute Gasteiger partial charge is 0.232 e. The molecular weight excluding hydrogens is 403 g/mol. The van der Waals surface area contributed by atoms with Gasteiger partial charge in [0.05, 0.1) is 9.26 Å². The Balaban J connectivity index is 2.19. The fourth-order valence-corrected chi connectivity index (χ4v) is 3.78. The number of rotatable bonds is 3. The van der Waals surface area contributed by atoms with Gasteiger partial charge in [0.2, 0.25) is 0 Å². The first-order chi connectivity index (χ1) is 9.70. The molecule has 20 heavy (non-hydrogen) atoms. The van der Waals surface area contributed by atoms with Gasteiger partial charge in [0.25, 0.3) is 0 Å². The first-order valence-electron chi connectivity index (χ1n) is 6.39. The van der Waals surface area contributed by atoms with Crippen molar-refractivity contribution in [3.63, 3.8) is 0 Å². The summed E-state index contributed by atoms with van der Waals surface area (Å²) in [6.07, 6.45) is 1.97. The summed E-state index contributed by atoms with van der Waals surface area (Å²) in [5.74, 6) is 0.733. The number of aryl methyl sites for hydroxylation is 1. The van der Waals surface area contributed by atoms with Crippen LogP contribution in [0.4, 0.5) is 0 Å². The lowest BCUT2D eigenvalue weighted by molar-refractivity contribution is 0.867. The summed E-state index contributed by atoms with van der Waals surface area (Å²) in [6, 6.07) is 8.31. The molecule has 2 nitrogen and oxygen atoms in total. The number of nitrogens with zero attached hydrogens (tertiary/aromatic N) is 2. The number of benzene rings is 1. The Morgan fingerprint density at radius 3 is 2.85 bits per heavy atom. The minimum absolute atomic E-state index is 0.550. The van der Waals surface area contributed by atoms with E-state index in [0.717, 1.165) is 33.5 Å². The number of hydrogen-bond acceptors (Lipinski definition) is 3. The topological polar surface area (TPSA) is 25.8 Å². The van der Waals surface area contributed by atoms with Gasteiger partial charge < -0.3 is 0 Å². The summed E-state index contributed by atoms with van der Waals surface area (Å²) in [5.41, 5.74) is 2.11. The van der Waals surface area contributed by atoms with Crippen LogP contribution in [0, 0.1) is 3.57 Å². The molecule has 0 atom stereocenters. The molecule has 0 fully saturated rings. The van der Waals surface area contributed by atoms with Crippen LogP contribution in [-0.2, 0) is 6.42 Å². The van der Waals surface area contributed by atoms with Crippen LogP contribution < -0.4 is 0 Å². The molecule has 0 aliphatic carbocycles. The van der Waals surface area contributed by atoms with Crippen molar-refractivity contribution in [1.82, 2.24) is 9.97 Å². The number of halogens is 2. The van der Waals surface area contributed by atoms with Gasteiger partial charge in [-0.05, 0) is 35.1 Å². The Kier molecular flexibility index (Phi) is 4.23. The minimum Gasteiger partial charge on any atom is -0.232 e. The van der Waals surface area contributed by atoms with Crippen molar-refractivity contribution in [1.29, 1.82) is 0 Å². The molecule has 0 saturated carbocycles. The van der Waals surface area contributed by atoms with E-state index in [4.69, 9.17) is 16.6 Å². The summed E-state index contributed by atoms with van der Waals surface area (Å²) < 4.78 is 2.22. The summed E-state index contributed by atoms with van der Waals surface area (Å²) in [5, 5.41) is 3.85. The summed E-state index contributed by atoms with van der Waals surface area (Å²) in [7, 11) is 0. The maximum Gasteiger partial charge on any atom is 0.162 e. The average Bonchev–Trinajstić information content (AvgIpc) is 2.88. The fourth-order valence-electron chi connectivity index (χ4n) is 2.14. The molecule has 0 aliphatic rings. The van der Waals surface area contributed by atoms with Gasteiger partial charge in [-0.1, -0.05) is 43.1 Å². The van der Waals surface area contributed by atoms with E-state index in [9.17, 15) is 0 Å². The fraction of sp³-hybridized carbons (Fsp3) is 0.200. The van der Waals surface area contributed by atoms with E-state index < -0.39 is 0 Å². The first-order valence-corrected chi connectivity index (χ1v) is 8.73. The van der Waals surface area contributed by atoms with Crippen molar-refractivity contribution < 1.29 is 0 Å². The molecule has 0 N–H and O–H groups in total. The zero-order valence-electron chi connectivity index (χ0n) is 10.9. The van der Waals surface area contributed by atoms with Crippen molar-refractivity contribution in [3.8, 4) is 11.4 Å². The van der Waals surface area contributed by atoms with E-state index in [1.165, 1.54) is 10.1 Å². The molecule has 0 spiro atoms. The van der Waals surface area contributed by atoms with Crippen LogP contribution in [0.3, 0.4) is 0 Å². The van der Waals surface area contributed by atoms with E-state index in [2.05, 4.69) is 52.0 Å². The minimum atomic E-state index is 0.550. The van der Waals surface area contributed by atoms with Crippen LogP contribution >= 0.6 is 45.5 Å². The molecule has 102 valence electrons. The third-order valence-corrected chi connectivity index (χ3v) is 5.78. The number of fused-ring (bicyclic) bond motifs is 1. The Labute approximate surface area is 140 Å². The van der Waals surface area contributed by atoms with Crippen LogP contribution in [0.1, 0.15) is 19.0 Å². The highest BCUT2D eigenvalue weighted by atomic mass is 127. The molecule has 3 rings (SSSR count). The van der Waals surface area contributed by atoms with Crippen molar-refractivity contribution in [2.45, 2.75) is 19.8 Å². The van der Waals surface area contributed by atoms with Gasteiger partial charge in [0.15, 0.2) is 5.82 Å². The Hall–Kier alpha value is -0.720. The molecule has 0 aliphatic heterocycles. The van der Waals surface area contributed by atoms with E-state index in [1.807, 2.05) is 12.1 Å². The van der Waals surface area contributed by atoms with E-state index in [-0.39, 0.29) is 0 Å². The van der Waals surface area contributed by atoms with Gasteiger partial charge in [-0.15, -0.1) is 11.3 Å². The third kappa shape index (κ3) is 2.56. The molecule has 2 heterocycles. The zero-order chi connectivity index (χ0) is 14.1. The number of hydrogen-bond donors (Lipinski definition) is 0. The molecule has 0 saturated heterocycles. The lowest BCUT2D eigenvalue weighted by Gasteiger charge is -2.07. The van der Waals surface area contributed by atoms with Gasteiger partial charge in [-0.2, -0.15) is 0 Å². The molecular formula is C15H12ClIN2S. The van der Waals surface area contributed by atoms with Crippen molar-refractivity contribution in [2.24, 2.45) is 0 Å². The smallest absolute Gasteiger partial charge is 0.162 e. The zero-order valence-corrected chi connectivity index (χ0v) is 14.6. The highest BCUT2D eigenvalue weighted by Crippen LogP contribution is 2.33. The van der Waals surface area contributed by atoms with Crippen LogP contribution in [-0.4, -0.2) is 9.97 Å². The van der Waals surface area contributed by atoms with Crippen LogP contribution in [0.2, 0.25) is 5.15 Å². The number of thiophene rings is 1. The molecule has 5 heteroatoms. The van der Waals surface area contributed by atoms with Gasteiger partial charge >= 0.3 is 0 Å². The molecule has 0 unspecified atom stereocenters. The van der Waals surface area contributed by atoms with E-state index in [0.29, 0.717) is 5.15 Å². The van der Waals surface area contributed by atoms with E-state index in [1.54, 1.807) is 11.3 Å². The molecule has 0 amide bonds. The second kappa shape index (κ2) is 5.95. The Morgan fingerprint density at radius 1 is 1.25 bits per heavy atom. The first kappa shape index (κ1) is 14.2. The van der Waals surface area contributed by atoms with Gasteiger partial charge in [0.1, 0.15) is 5.15 Å². The Morgan fingerprint density at radius 2 is 2.05 bits per heavy atom. The standard InChI is InChI=1S/C15H12ClIN2S/c1-2-5-11-13(17)14(16)19-15(18-11)10-8-20-12-7-4-3-6-9(10)12/h3-4,6-8H,2,5H2,1H3. The second-order valence-corrected chi connectivity index (χ2v) is 6.84. The van der Waals surface area contributed by atoms with Gasteiger partial charge in [-0.3, -0.25) is 0 Å². The maximum atomic E-state index is 6.27. The second-order valence-electron chi connectivity index (χ2n) is 4.49. The van der Waals surface area contributed by atoms with Crippen LogP contribution in [0.25, 0.3) is 21.5 Å². The lowest BCUT2D eigenvalue weighted by Crippen LogP contribution is -2.00. The van der Waals surface area contributed by atoms with Crippen molar-refractivity contribution in [2.75, 3.05) is 0 Å². The lowest BCUT2D eigenvalue weighted by atomic mass is 10.1. The molecule has 0 radical (unpaired) electrons. The highest BCUT2D eigenvalue weighted by Gasteiger charge is 2.14. The van der Waals surface area contributed by atoms with Gasteiger partial charge in [0, 0.05) is 21.0 Å². The molecule has 0 bridgehead atoms. The number of aromatic nitrogens is 2. The summed E-state index contributed by atoms with van der Waals surface area (Å²) in [6.45, 7) is 2.14. The monoisotopic (exact) mass is 414 g/mol. The van der Waals surface area contributed by atoms with Crippen LogP contribution in [0.5, 0.6) is 0 Å². The van der Waals surface area contributed by atoms with Gasteiger partial charge in [-0.25, -0.2) is 9.97 Å². The third-order valence-electron chi connectivity index (χ3n) is 3.09. The predicted octanol–water partition coefficient (Wildman–Crippen LogP) is 5.57. The predicted molar refractivity (Wildman–Crippen MR) is 94.6 cm³/mol. The maximum absolute atomic E-state index is 6.27. The highest BCUT2D eigenvalue weighted by molar-refractivity contribution is 14.1.